The fourth-order valence-electron chi connectivity index (χ4n) is 2.48. The Morgan fingerprint density at radius 2 is 1.81 bits per heavy atom. The minimum atomic E-state index is 0.111. The van der Waals surface area contributed by atoms with E-state index in [-0.39, 0.29) is 5.41 Å². The Kier molecular flexibility index (Phi) is 6.45. The highest BCUT2D eigenvalue weighted by Crippen LogP contribution is 2.43. The molecule has 0 aliphatic heterocycles. The van der Waals surface area contributed by atoms with Crippen molar-refractivity contribution in [2.24, 2.45) is 23.2 Å². The van der Waals surface area contributed by atoms with Gasteiger partial charge in [0.15, 0.2) is 0 Å². The lowest BCUT2D eigenvalue weighted by Gasteiger charge is -2.41. The first-order valence-corrected chi connectivity index (χ1v) is 6.47. The van der Waals surface area contributed by atoms with Crippen LogP contribution in [0.3, 0.4) is 0 Å². The van der Waals surface area contributed by atoms with Gasteiger partial charge in [0.1, 0.15) is 0 Å². The molecular formula is C16H28. The summed E-state index contributed by atoms with van der Waals surface area (Å²) in [5.74, 6) is 1.89. The molecule has 0 nitrogen and oxygen atoms in total. The van der Waals surface area contributed by atoms with E-state index in [9.17, 15) is 0 Å². The van der Waals surface area contributed by atoms with Crippen molar-refractivity contribution in [1.82, 2.24) is 0 Å². The van der Waals surface area contributed by atoms with Crippen LogP contribution in [-0.2, 0) is 0 Å². The lowest BCUT2D eigenvalue weighted by Crippen LogP contribution is -2.34. The zero-order valence-electron chi connectivity index (χ0n) is 11.9. The zero-order chi connectivity index (χ0) is 12.8. The summed E-state index contributed by atoms with van der Waals surface area (Å²) < 4.78 is 0. The van der Waals surface area contributed by atoms with Gasteiger partial charge in [0.25, 0.3) is 0 Å². The molecule has 0 rings (SSSR count). The van der Waals surface area contributed by atoms with E-state index in [0.29, 0.717) is 17.8 Å². The first kappa shape index (κ1) is 15.3. The van der Waals surface area contributed by atoms with Crippen LogP contribution < -0.4 is 0 Å². The highest BCUT2D eigenvalue weighted by molar-refractivity contribution is 5.14. The third-order valence-corrected chi connectivity index (χ3v) is 4.06. The van der Waals surface area contributed by atoms with Gasteiger partial charge in [-0.2, -0.15) is 0 Å². The molecular weight excluding hydrogens is 192 g/mol. The number of rotatable bonds is 6. The van der Waals surface area contributed by atoms with Gasteiger partial charge in [-0.25, -0.2) is 0 Å². The number of hydrogen-bond acceptors (Lipinski definition) is 0. The maximum Gasteiger partial charge on any atom is 0.0190 e. The van der Waals surface area contributed by atoms with Gasteiger partial charge in [-0.3, -0.25) is 0 Å². The molecule has 0 saturated heterocycles. The van der Waals surface area contributed by atoms with E-state index in [1.54, 1.807) is 0 Å². The van der Waals surface area contributed by atoms with E-state index >= 15 is 0 Å². The summed E-state index contributed by atoms with van der Waals surface area (Å²) in [6.07, 6.45) is 7.86. The smallest absolute Gasteiger partial charge is 0.0190 e. The summed E-state index contributed by atoms with van der Waals surface area (Å²) in [4.78, 5) is 0. The van der Waals surface area contributed by atoms with Crippen LogP contribution in [0.25, 0.3) is 0 Å². The van der Waals surface area contributed by atoms with Gasteiger partial charge < -0.3 is 0 Å². The molecule has 0 aromatic rings. The van der Waals surface area contributed by atoms with Crippen molar-refractivity contribution in [2.75, 3.05) is 0 Å². The van der Waals surface area contributed by atoms with Crippen molar-refractivity contribution in [3.63, 3.8) is 0 Å². The molecule has 0 spiro atoms. The molecule has 0 bridgehead atoms. The van der Waals surface area contributed by atoms with Gasteiger partial charge in [0, 0.05) is 5.41 Å². The molecule has 0 amide bonds. The normalized spacial score (nSPS) is 19.2. The Labute approximate surface area is 102 Å². The van der Waals surface area contributed by atoms with Crippen molar-refractivity contribution < 1.29 is 0 Å². The summed E-state index contributed by atoms with van der Waals surface area (Å²) in [5.41, 5.74) is 3.13. The lowest BCUT2D eigenvalue weighted by molar-refractivity contribution is 0.166. The summed E-state index contributed by atoms with van der Waals surface area (Å²) in [7, 11) is 0. The SMILES string of the molecule is C=C=CC(C=CC)(C(C)CC)C(C)C(C)C. The third-order valence-electron chi connectivity index (χ3n) is 4.06. The molecule has 3 unspecified atom stereocenters. The van der Waals surface area contributed by atoms with E-state index in [0.717, 1.165) is 0 Å². The molecule has 0 aromatic carbocycles. The first-order chi connectivity index (χ1) is 7.46. The Balaban J connectivity index is 5.50. The standard InChI is InChI=1S/C16H28/c1-8-11-16(12-9-2,14(6)10-3)15(7)13(4)5/h9,11-15H,1,10H2,2-7H3. The Bertz CT molecular complexity index is 266. The van der Waals surface area contributed by atoms with Crippen molar-refractivity contribution in [3.8, 4) is 0 Å². The Hall–Kier alpha value is -0.740. The van der Waals surface area contributed by atoms with Crippen molar-refractivity contribution in [2.45, 2.75) is 48.0 Å². The summed E-state index contributed by atoms with van der Waals surface area (Å²) in [6.45, 7) is 17.4. The number of allylic oxidation sites excluding steroid dienone is 3. The second kappa shape index (κ2) is 6.76. The molecule has 92 valence electrons. The fourth-order valence-corrected chi connectivity index (χ4v) is 2.48. The van der Waals surface area contributed by atoms with E-state index in [4.69, 9.17) is 0 Å². The van der Waals surface area contributed by atoms with E-state index in [1.807, 2.05) is 0 Å². The topological polar surface area (TPSA) is 0 Å². The molecule has 0 aliphatic carbocycles. The predicted octanol–water partition coefficient (Wildman–Crippen LogP) is 5.23. The Morgan fingerprint density at radius 3 is 2.12 bits per heavy atom. The van der Waals surface area contributed by atoms with E-state index < -0.39 is 0 Å². The number of hydrogen-bond donors (Lipinski definition) is 0. The molecule has 0 fully saturated rings. The van der Waals surface area contributed by atoms with E-state index in [1.165, 1.54) is 6.42 Å². The molecule has 0 aliphatic rings. The highest BCUT2D eigenvalue weighted by Gasteiger charge is 2.37. The van der Waals surface area contributed by atoms with Gasteiger partial charge in [0.05, 0.1) is 0 Å². The van der Waals surface area contributed by atoms with Gasteiger partial charge >= 0.3 is 0 Å². The monoisotopic (exact) mass is 220 g/mol. The molecule has 0 heteroatoms. The minimum absolute atomic E-state index is 0.111. The molecule has 0 radical (unpaired) electrons. The molecule has 0 N–H and O–H groups in total. The predicted molar refractivity (Wildman–Crippen MR) is 74.4 cm³/mol. The van der Waals surface area contributed by atoms with Crippen LogP contribution in [-0.4, -0.2) is 0 Å². The highest BCUT2D eigenvalue weighted by atomic mass is 14.4. The second-order valence-electron chi connectivity index (χ2n) is 5.19. The molecule has 0 aromatic heterocycles. The largest absolute Gasteiger partial charge is 0.132 e. The maximum absolute atomic E-state index is 3.77. The zero-order valence-corrected chi connectivity index (χ0v) is 11.9. The van der Waals surface area contributed by atoms with Crippen LogP contribution in [0.5, 0.6) is 0 Å². The van der Waals surface area contributed by atoms with Gasteiger partial charge in [-0.05, 0) is 30.8 Å². The van der Waals surface area contributed by atoms with Crippen LogP contribution in [0.15, 0.2) is 30.5 Å². The molecule has 16 heavy (non-hydrogen) atoms. The molecule has 3 atom stereocenters. The van der Waals surface area contributed by atoms with Gasteiger partial charge in [0.2, 0.25) is 0 Å². The second-order valence-corrected chi connectivity index (χ2v) is 5.19. The average molecular weight is 220 g/mol. The maximum atomic E-state index is 3.77. The summed E-state index contributed by atoms with van der Waals surface area (Å²) in [6, 6.07) is 0. The van der Waals surface area contributed by atoms with Crippen molar-refractivity contribution in [3.05, 3.63) is 30.5 Å². The van der Waals surface area contributed by atoms with Crippen LogP contribution in [0.4, 0.5) is 0 Å². The lowest BCUT2D eigenvalue weighted by atomic mass is 9.63. The molecule has 0 heterocycles. The first-order valence-electron chi connectivity index (χ1n) is 6.47. The third kappa shape index (κ3) is 3.12. The van der Waals surface area contributed by atoms with Gasteiger partial charge in [-0.1, -0.05) is 59.8 Å². The van der Waals surface area contributed by atoms with Crippen LogP contribution >= 0.6 is 0 Å². The average Bonchev–Trinajstić information content (AvgIpc) is 2.26. The summed E-state index contributed by atoms with van der Waals surface area (Å²) in [5, 5.41) is 0. The summed E-state index contributed by atoms with van der Waals surface area (Å²) >= 11 is 0. The van der Waals surface area contributed by atoms with E-state index in [2.05, 4.69) is 72.1 Å². The van der Waals surface area contributed by atoms with Crippen molar-refractivity contribution in [1.29, 1.82) is 0 Å². The van der Waals surface area contributed by atoms with Crippen LogP contribution in [0.1, 0.15) is 48.0 Å². The van der Waals surface area contributed by atoms with Crippen LogP contribution in [0, 0.1) is 23.2 Å². The minimum Gasteiger partial charge on any atom is -0.132 e. The van der Waals surface area contributed by atoms with Crippen molar-refractivity contribution >= 4 is 0 Å². The Morgan fingerprint density at radius 1 is 1.25 bits per heavy atom. The molecule has 0 saturated carbocycles. The van der Waals surface area contributed by atoms with Gasteiger partial charge in [-0.15, -0.1) is 5.73 Å². The quantitative estimate of drug-likeness (QED) is 0.425. The van der Waals surface area contributed by atoms with Crippen LogP contribution in [0.2, 0.25) is 0 Å². The fraction of sp³-hybridized carbons (Fsp3) is 0.688.